The number of rotatable bonds is 4. The Morgan fingerprint density at radius 2 is 1.58 bits per heavy atom. The Morgan fingerprint density at radius 1 is 1.08 bits per heavy atom. The zero-order valence-electron chi connectivity index (χ0n) is 15.1. The molecule has 0 heterocycles. The zero-order chi connectivity index (χ0) is 18.7. The van der Waals surface area contributed by atoms with E-state index < -0.39 is 12.1 Å². The minimum absolute atomic E-state index is 0.110. The van der Waals surface area contributed by atoms with Crippen molar-refractivity contribution in [2.45, 2.75) is 58.7 Å². The van der Waals surface area contributed by atoms with Crippen LogP contribution in [0.3, 0.4) is 0 Å². The van der Waals surface area contributed by atoms with Crippen molar-refractivity contribution >= 4 is 34.9 Å². The highest BCUT2D eigenvalue weighted by atomic mass is 35.5. The number of amides is 2. The van der Waals surface area contributed by atoms with E-state index in [9.17, 15) is 9.90 Å². The molecule has 0 fully saturated rings. The van der Waals surface area contributed by atoms with Crippen LogP contribution in [-0.2, 0) is 0 Å². The molecule has 0 aliphatic carbocycles. The first kappa shape index (κ1) is 21.0. The van der Waals surface area contributed by atoms with E-state index in [1.165, 1.54) is 0 Å². The van der Waals surface area contributed by atoms with E-state index in [0.717, 1.165) is 0 Å². The highest BCUT2D eigenvalue weighted by Gasteiger charge is 2.19. The summed E-state index contributed by atoms with van der Waals surface area (Å²) in [6.07, 6.45) is -0.753. The SMILES string of the molecule is CC(C)(C)NCC(O)c1cc(Cl)c(NC(=O)NC(C)(C)C)c(Cl)c1. The molecule has 7 heteroatoms. The van der Waals surface area contributed by atoms with Gasteiger partial charge < -0.3 is 21.1 Å². The number of aliphatic hydroxyl groups excluding tert-OH is 1. The van der Waals surface area contributed by atoms with Gasteiger partial charge in [0.25, 0.3) is 0 Å². The molecule has 1 aromatic rings. The first-order chi connectivity index (χ1) is 10.8. The highest BCUT2D eigenvalue weighted by Crippen LogP contribution is 2.34. The molecule has 1 aromatic carbocycles. The van der Waals surface area contributed by atoms with Gasteiger partial charge in [0.1, 0.15) is 0 Å². The second-order valence-corrected chi connectivity index (χ2v) is 8.65. The molecule has 0 bridgehead atoms. The van der Waals surface area contributed by atoms with Crippen molar-refractivity contribution in [1.82, 2.24) is 10.6 Å². The topological polar surface area (TPSA) is 73.4 Å². The van der Waals surface area contributed by atoms with Crippen molar-refractivity contribution in [3.8, 4) is 0 Å². The molecule has 4 N–H and O–H groups in total. The van der Waals surface area contributed by atoms with Gasteiger partial charge in [-0.2, -0.15) is 0 Å². The highest BCUT2D eigenvalue weighted by molar-refractivity contribution is 6.39. The summed E-state index contributed by atoms with van der Waals surface area (Å²) >= 11 is 12.5. The Labute approximate surface area is 154 Å². The van der Waals surface area contributed by atoms with E-state index >= 15 is 0 Å². The van der Waals surface area contributed by atoms with Crippen molar-refractivity contribution in [2.24, 2.45) is 0 Å². The molecule has 5 nitrogen and oxygen atoms in total. The Bertz CT molecular complexity index is 569. The summed E-state index contributed by atoms with van der Waals surface area (Å²) in [7, 11) is 0. The van der Waals surface area contributed by atoms with Gasteiger partial charge in [-0.15, -0.1) is 0 Å². The van der Waals surface area contributed by atoms with Gasteiger partial charge in [-0.1, -0.05) is 23.2 Å². The molecule has 1 atom stereocenters. The minimum atomic E-state index is -0.753. The van der Waals surface area contributed by atoms with Gasteiger partial charge in [-0.3, -0.25) is 0 Å². The predicted molar refractivity (Wildman–Crippen MR) is 101 cm³/mol. The van der Waals surface area contributed by atoms with Gasteiger partial charge in [0, 0.05) is 17.6 Å². The summed E-state index contributed by atoms with van der Waals surface area (Å²) in [5, 5.41) is 19.5. The summed E-state index contributed by atoms with van der Waals surface area (Å²) in [4.78, 5) is 12.0. The average Bonchev–Trinajstić information content (AvgIpc) is 2.37. The lowest BCUT2D eigenvalue weighted by molar-refractivity contribution is 0.163. The van der Waals surface area contributed by atoms with Crippen LogP contribution in [0, 0.1) is 0 Å². The van der Waals surface area contributed by atoms with Crippen LogP contribution in [0.15, 0.2) is 12.1 Å². The lowest BCUT2D eigenvalue weighted by Gasteiger charge is -2.24. The Balaban J connectivity index is 2.88. The number of urea groups is 1. The maximum absolute atomic E-state index is 12.0. The van der Waals surface area contributed by atoms with Crippen molar-refractivity contribution in [1.29, 1.82) is 0 Å². The Hall–Kier alpha value is -1.01. The molecule has 0 radical (unpaired) electrons. The first-order valence-electron chi connectivity index (χ1n) is 7.80. The number of β-amino-alcohol motifs (C(OH)–C–C–N with tert-alkyl or cyclic N) is 1. The van der Waals surface area contributed by atoms with Crippen LogP contribution in [0.1, 0.15) is 53.2 Å². The lowest BCUT2D eigenvalue weighted by atomic mass is 10.1. The lowest BCUT2D eigenvalue weighted by Crippen LogP contribution is -2.43. The third kappa shape index (κ3) is 7.26. The Kier molecular flexibility index (Phi) is 6.94. The fourth-order valence-corrected chi connectivity index (χ4v) is 2.51. The number of carbonyl (C=O) groups excluding carboxylic acids is 1. The predicted octanol–water partition coefficient (Wildman–Crippen LogP) is 4.33. The molecular formula is C17H27Cl2N3O2. The summed E-state index contributed by atoms with van der Waals surface area (Å²) in [6.45, 7) is 12.0. The Morgan fingerprint density at radius 3 is 2.00 bits per heavy atom. The molecule has 0 aromatic heterocycles. The van der Waals surface area contributed by atoms with Gasteiger partial charge in [-0.05, 0) is 59.2 Å². The monoisotopic (exact) mass is 375 g/mol. The number of benzene rings is 1. The van der Waals surface area contributed by atoms with Gasteiger partial charge in [0.2, 0.25) is 0 Å². The summed E-state index contributed by atoms with van der Waals surface area (Å²) in [6, 6.07) is 2.82. The number of carbonyl (C=O) groups is 1. The van der Waals surface area contributed by atoms with Gasteiger partial charge >= 0.3 is 6.03 Å². The molecule has 0 spiro atoms. The second kappa shape index (κ2) is 7.91. The number of hydrogen-bond acceptors (Lipinski definition) is 3. The molecule has 136 valence electrons. The first-order valence-corrected chi connectivity index (χ1v) is 8.55. The molecule has 24 heavy (non-hydrogen) atoms. The van der Waals surface area contributed by atoms with Gasteiger partial charge in [-0.25, -0.2) is 4.79 Å². The van der Waals surface area contributed by atoms with Gasteiger partial charge in [0.05, 0.1) is 21.8 Å². The van der Waals surface area contributed by atoms with E-state index in [1.54, 1.807) is 12.1 Å². The number of halogens is 2. The van der Waals surface area contributed by atoms with E-state index in [1.807, 2.05) is 41.5 Å². The fraction of sp³-hybridized carbons (Fsp3) is 0.588. The van der Waals surface area contributed by atoms with Crippen LogP contribution in [0.25, 0.3) is 0 Å². The largest absolute Gasteiger partial charge is 0.387 e. The minimum Gasteiger partial charge on any atom is -0.387 e. The summed E-state index contributed by atoms with van der Waals surface area (Å²) in [5.41, 5.74) is 0.419. The molecule has 1 unspecified atom stereocenters. The zero-order valence-corrected chi connectivity index (χ0v) is 16.6. The number of aliphatic hydroxyl groups is 1. The van der Waals surface area contributed by atoms with Crippen LogP contribution >= 0.6 is 23.2 Å². The smallest absolute Gasteiger partial charge is 0.319 e. The van der Waals surface area contributed by atoms with E-state index in [4.69, 9.17) is 23.2 Å². The molecule has 0 aliphatic rings. The maximum atomic E-state index is 12.0. The quantitative estimate of drug-likeness (QED) is 0.632. The molecule has 0 saturated heterocycles. The van der Waals surface area contributed by atoms with E-state index in [2.05, 4.69) is 16.0 Å². The van der Waals surface area contributed by atoms with Crippen LogP contribution in [0.5, 0.6) is 0 Å². The summed E-state index contributed by atoms with van der Waals surface area (Å²) < 4.78 is 0. The standard InChI is InChI=1S/C17H27Cl2N3O2/c1-16(2,3)20-9-13(23)10-7-11(18)14(12(19)8-10)21-15(24)22-17(4,5)6/h7-8,13,20,23H,9H2,1-6H3,(H2,21,22,24). The van der Waals surface area contributed by atoms with E-state index in [0.29, 0.717) is 17.8 Å². The average molecular weight is 376 g/mol. The second-order valence-electron chi connectivity index (χ2n) is 7.84. The van der Waals surface area contributed by atoms with Crippen molar-refractivity contribution in [3.63, 3.8) is 0 Å². The number of hydrogen-bond donors (Lipinski definition) is 4. The van der Waals surface area contributed by atoms with Crippen molar-refractivity contribution < 1.29 is 9.90 Å². The molecule has 2 amide bonds. The fourth-order valence-electron chi connectivity index (χ4n) is 1.91. The third-order valence-electron chi connectivity index (χ3n) is 3.00. The summed E-state index contributed by atoms with van der Waals surface area (Å²) in [5.74, 6) is 0. The van der Waals surface area contributed by atoms with Crippen LogP contribution in [0.2, 0.25) is 10.0 Å². The number of nitrogens with one attached hydrogen (secondary N) is 3. The molecular weight excluding hydrogens is 349 g/mol. The molecule has 0 saturated carbocycles. The molecule has 1 rings (SSSR count). The maximum Gasteiger partial charge on any atom is 0.319 e. The molecule has 0 aliphatic heterocycles. The van der Waals surface area contributed by atoms with Crippen LogP contribution < -0.4 is 16.0 Å². The van der Waals surface area contributed by atoms with Crippen molar-refractivity contribution in [3.05, 3.63) is 27.7 Å². The van der Waals surface area contributed by atoms with Gasteiger partial charge in [0.15, 0.2) is 0 Å². The third-order valence-corrected chi connectivity index (χ3v) is 3.60. The van der Waals surface area contributed by atoms with Crippen molar-refractivity contribution in [2.75, 3.05) is 11.9 Å². The van der Waals surface area contributed by atoms with E-state index in [-0.39, 0.29) is 21.1 Å². The van der Waals surface area contributed by atoms with Crippen LogP contribution in [-0.4, -0.2) is 28.8 Å². The normalized spacial score (nSPS) is 13.5. The van der Waals surface area contributed by atoms with Crippen LogP contribution in [0.4, 0.5) is 10.5 Å². The number of anilines is 1.